The molecular formula is C15H12N2O6. The molecule has 2 aromatic carbocycles. The van der Waals surface area contributed by atoms with E-state index in [1.54, 1.807) is 36.4 Å². The molecule has 0 fully saturated rings. The molecule has 0 aliphatic rings. The number of ether oxygens (including phenoxy) is 2. The van der Waals surface area contributed by atoms with Crippen molar-refractivity contribution in [2.45, 2.75) is 13.2 Å². The fourth-order valence-electron chi connectivity index (χ4n) is 1.88. The standard InChI is InChI=1S/C15H12N2O6/c18-16(19)14-7-3-1-5-12(14)9-22-11-23-10-13-6-2-4-8-15(13)17(20)21/h1-8H,9-10H2. The monoisotopic (exact) mass is 316 g/mol. The molecule has 23 heavy (non-hydrogen) atoms. The Morgan fingerprint density at radius 1 is 0.783 bits per heavy atom. The highest BCUT2D eigenvalue weighted by Gasteiger charge is 2.14. The first-order valence-corrected chi connectivity index (χ1v) is 6.52. The summed E-state index contributed by atoms with van der Waals surface area (Å²) in [7, 11) is 0. The van der Waals surface area contributed by atoms with Gasteiger partial charge in [0, 0.05) is 12.1 Å². The van der Waals surface area contributed by atoms with Gasteiger partial charge in [0.1, 0.15) is 0 Å². The molecular weight excluding hydrogens is 304 g/mol. The number of hydrogen-bond acceptors (Lipinski definition) is 6. The summed E-state index contributed by atoms with van der Waals surface area (Å²) in [5, 5.41) is 21.7. The van der Waals surface area contributed by atoms with Crippen LogP contribution < -0.4 is 0 Å². The van der Waals surface area contributed by atoms with E-state index in [1.165, 1.54) is 12.1 Å². The third kappa shape index (κ3) is 4.56. The van der Waals surface area contributed by atoms with Crippen molar-refractivity contribution in [1.82, 2.24) is 0 Å². The van der Waals surface area contributed by atoms with E-state index in [0.717, 1.165) is 0 Å². The molecule has 0 aliphatic heterocycles. The first kappa shape index (κ1) is 16.5. The van der Waals surface area contributed by atoms with Crippen molar-refractivity contribution in [2.75, 3.05) is 0 Å². The fourth-order valence-corrected chi connectivity index (χ4v) is 1.88. The van der Waals surface area contributed by atoms with Crippen LogP contribution in [0.1, 0.15) is 11.1 Å². The zero-order valence-corrected chi connectivity index (χ0v) is 11.9. The lowest BCUT2D eigenvalue weighted by molar-refractivity contribution is -0.386. The van der Waals surface area contributed by atoms with Crippen LogP contribution in [0.5, 0.6) is 0 Å². The minimum atomic E-state index is -0.507. The predicted molar refractivity (Wildman–Crippen MR) is 79.0 cm³/mol. The molecule has 0 amide bonds. The summed E-state index contributed by atoms with van der Waals surface area (Å²) >= 11 is 0. The van der Waals surface area contributed by atoms with E-state index >= 15 is 0 Å². The van der Waals surface area contributed by atoms with Gasteiger partial charge in [-0.15, -0.1) is 0 Å². The summed E-state index contributed by atoms with van der Waals surface area (Å²) in [6.45, 7) is 1.99. The Balaban J connectivity index is 1.83. The first-order valence-electron chi connectivity index (χ1n) is 6.52. The highest BCUT2D eigenvalue weighted by Crippen LogP contribution is 2.20. The molecule has 2 radical (unpaired) electrons. The van der Waals surface area contributed by atoms with Crippen molar-refractivity contribution in [3.8, 4) is 0 Å². The van der Waals surface area contributed by atoms with Crippen LogP contribution >= 0.6 is 0 Å². The molecule has 8 nitrogen and oxygen atoms in total. The van der Waals surface area contributed by atoms with Gasteiger partial charge in [0.05, 0.1) is 34.2 Å². The molecule has 2 aromatic rings. The Hall–Kier alpha value is -2.84. The summed E-state index contributed by atoms with van der Waals surface area (Å²) in [6.07, 6.45) is 0. The van der Waals surface area contributed by atoms with Crippen molar-refractivity contribution in [3.63, 3.8) is 0 Å². The van der Waals surface area contributed by atoms with Gasteiger partial charge >= 0.3 is 0 Å². The zero-order valence-electron chi connectivity index (χ0n) is 11.9. The van der Waals surface area contributed by atoms with Crippen LogP contribution in [0.3, 0.4) is 0 Å². The Morgan fingerprint density at radius 2 is 1.17 bits per heavy atom. The molecule has 0 atom stereocenters. The smallest absolute Gasteiger partial charge is 0.292 e. The highest BCUT2D eigenvalue weighted by molar-refractivity contribution is 5.39. The Morgan fingerprint density at radius 3 is 1.57 bits per heavy atom. The third-order valence-corrected chi connectivity index (χ3v) is 2.95. The van der Waals surface area contributed by atoms with Gasteiger partial charge < -0.3 is 9.47 Å². The summed E-state index contributed by atoms with van der Waals surface area (Å²) in [5.41, 5.74) is 0.625. The van der Waals surface area contributed by atoms with Gasteiger partial charge in [0.25, 0.3) is 18.2 Å². The van der Waals surface area contributed by atoms with E-state index in [-0.39, 0.29) is 24.6 Å². The number of hydrogen-bond donors (Lipinski definition) is 0. The average Bonchev–Trinajstić information content (AvgIpc) is 2.55. The topological polar surface area (TPSA) is 105 Å². The molecule has 0 unspecified atom stereocenters. The molecule has 0 aromatic heterocycles. The van der Waals surface area contributed by atoms with Crippen molar-refractivity contribution < 1.29 is 19.3 Å². The van der Waals surface area contributed by atoms with E-state index < -0.39 is 9.85 Å². The van der Waals surface area contributed by atoms with E-state index in [0.29, 0.717) is 11.1 Å². The molecule has 0 aliphatic carbocycles. The number of para-hydroxylation sites is 2. The van der Waals surface area contributed by atoms with E-state index in [1.807, 2.05) is 0 Å². The minimum absolute atomic E-state index is 0.0620. The van der Waals surface area contributed by atoms with Gasteiger partial charge in [-0.3, -0.25) is 20.2 Å². The number of rotatable bonds is 8. The molecule has 0 heterocycles. The summed E-state index contributed by atoms with van der Waals surface area (Å²) in [5.74, 6) is 0. The van der Waals surface area contributed by atoms with Crippen molar-refractivity contribution in [3.05, 3.63) is 86.7 Å². The highest BCUT2D eigenvalue weighted by atomic mass is 16.7. The second-order valence-electron chi connectivity index (χ2n) is 4.43. The molecule has 0 saturated carbocycles. The molecule has 118 valence electrons. The van der Waals surface area contributed by atoms with Gasteiger partial charge in [-0.05, 0) is 12.1 Å². The van der Waals surface area contributed by atoms with Crippen molar-refractivity contribution in [2.24, 2.45) is 0 Å². The van der Waals surface area contributed by atoms with E-state index in [4.69, 9.17) is 9.47 Å². The lowest BCUT2D eigenvalue weighted by Crippen LogP contribution is -2.00. The van der Waals surface area contributed by atoms with Gasteiger partial charge in [0.15, 0.2) is 0 Å². The van der Waals surface area contributed by atoms with Crippen molar-refractivity contribution >= 4 is 11.4 Å². The lowest BCUT2D eigenvalue weighted by atomic mass is 10.2. The van der Waals surface area contributed by atoms with E-state index in [9.17, 15) is 20.2 Å². The minimum Gasteiger partial charge on any atom is -0.336 e. The van der Waals surface area contributed by atoms with Crippen LogP contribution in [-0.2, 0) is 22.7 Å². The first-order chi connectivity index (χ1) is 11.1. The summed E-state index contributed by atoms with van der Waals surface area (Å²) in [6, 6.07) is 12.3. The summed E-state index contributed by atoms with van der Waals surface area (Å²) in [4.78, 5) is 20.6. The molecule has 0 spiro atoms. The Labute approximate surface area is 131 Å². The maximum Gasteiger partial charge on any atom is 0.292 e. The van der Waals surface area contributed by atoms with Gasteiger partial charge in [-0.1, -0.05) is 24.3 Å². The summed E-state index contributed by atoms with van der Waals surface area (Å²) < 4.78 is 9.97. The van der Waals surface area contributed by atoms with Gasteiger partial charge in [-0.25, -0.2) is 0 Å². The van der Waals surface area contributed by atoms with Crippen LogP contribution in [0, 0.1) is 27.0 Å². The SMILES string of the molecule is O=[N+]([O-])c1ccccc1CO[C]OCc1ccccc1[N+](=O)[O-]. The fraction of sp³-hybridized carbons (Fsp3) is 0.133. The van der Waals surface area contributed by atoms with E-state index in [2.05, 4.69) is 6.79 Å². The quantitative estimate of drug-likeness (QED) is 0.420. The lowest BCUT2D eigenvalue weighted by Gasteiger charge is -2.05. The third-order valence-electron chi connectivity index (χ3n) is 2.95. The number of nitro groups is 2. The van der Waals surface area contributed by atoms with Gasteiger partial charge in [0.2, 0.25) is 0 Å². The second kappa shape index (κ2) is 7.97. The Kier molecular flexibility index (Phi) is 5.73. The van der Waals surface area contributed by atoms with Crippen LogP contribution in [0.25, 0.3) is 0 Å². The largest absolute Gasteiger partial charge is 0.336 e. The van der Waals surface area contributed by atoms with Gasteiger partial charge in [-0.2, -0.15) is 0 Å². The van der Waals surface area contributed by atoms with Crippen LogP contribution in [0.2, 0.25) is 0 Å². The number of nitro benzene ring substituents is 2. The molecule has 0 bridgehead atoms. The molecule has 8 heteroatoms. The van der Waals surface area contributed by atoms with Crippen LogP contribution in [0.15, 0.2) is 48.5 Å². The number of benzene rings is 2. The predicted octanol–water partition coefficient (Wildman–Crippen LogP) is 3.23. The Bertz CT molecular complexity index is 644. The maximum absolute atomic E-state index is 10.8. The molecule has 0 saturated heterocycles. The van der Waals surface area contributed by atoms with Crippen LogP contribution in [-0.4, -0.2) is 9.85 Å². The molecule has 2 rings (SSSR count). The zero-order chi connectivity index (χ0) is 16.7. The second-order valence-corrected chi connectivity index (χ2v) is 4.43. The molecule has 0 N–H and O–H groups in total. The average molecular weight is 316 g/mol. The van der Waals surface area contributed by atoms with Crippen LogP contribution in [0.4, 0.5) is 11.4 Å². The van der Waals surface area contributed by atoms with Crippen molar-refractivity contribution in [1.29, 1.82) is 0 Å². The number of nitrogens with zero attached hydrogens (tertiary/aromatic N) is 2. The maximum atomic E-state index is 10.8. The normalized spacial score (nSPS) is 10.4.